The molecule has 2 rings (SSSR count). The van der Waals surface area contributed by atoms with Crippen molar-refractivity contribution in [1.29, 1.82) is 0 Å². The summed E-state index contributed by atoms with van der Waals surface area (Å²) in [6, 6.07) is 3.01. The molecule has 0 aromatic heterocycles. The van der Waals surface area contributed by atoms with Crippen molar-refractivity contribution in [2.24, 2.45) is 0 Å². The van der Waals surface area contributed by atoms with E-state index in [2.05, 4.69) is 31.0 Å². The summed E-state index contributed by atoms with van der Waals surface area (Å²) in [5, 5.41) is 3.79. The molecule has 1 saturated heterocycles. The molecular formula is C14H28N2. The van der Waals surface area contributed by atoms with E-state index in [-0.39, 0.29) is 0 Å². The second-order valence-corrected chi connectivity index (χ2v) is 6.01. The van der Waals surface area contributed by atoms with Gasteiger partial charge in [0.2, 0.25) is 0 Å². The van der Waals surface area contributed by atoms with E-state index in [1.54, 1.807) is 0 Å². The highest BCUT2D eigenvalue weighted by Gasteiger charge is 2.34. The van der Waals surface area contributed by atoms with Crippen LogP contribution in [0.15, 0.2) is 0 Å². The van der Waals surface area contributed by atoms with Gasteiger partial charge in [0.25, 0.3) is 0 Å². The number of rotatable bonds is 3. The monoisotopic (exact) mass is 224 g/mol. The van der Waals surface area contributed by atoms with Crippen molar-refractivity contribution >= 4 is 0 Å². The van der Waals surface area contributed by atoms with Gasteiger partial charge in [-0.25, -0.2) is 0 Å². The fourth-order valence-corrected chi connectivity index (χ4v) is 3.58. The maximum Gasteiger partial charge on any atom is 0.0252 e. The van der Waals surface area contributed by atoms with Crippen molar-refractivity contribution in [3.05, 3.63) is 0 Å². The van der Waals surface area contributed by atoms with Crippen LogP contribution >= 0.6 is 0 Å². The minimum absolute atomic E-state index is 0.628. The Labute approximate surface area is 101 Å². The van der Waals surface area contributed by atoms with Crippen LogP contribution in [0, 0.1) is 0 Å². The number of likely N-dealkylation sites (tertiary alicyclic amines) is 1. The summed E-state index contributed by atoms with van der Waals surface area (Å²) in [4.78, 5) is 2.78. The van der Waals surface area contributed by atoms with Crippen LogP contribution in [0.2, 0.25) is 0 Å². The fraction of sp³-hybridized carbons (Fsp3) is 1.00. The molecule has 2 heteroatoms. The van der Waals surface area contributed by atoms with Gasteiger partial charge >= 0.3 is 0 Å². The lowest BCUT2D eigenvalue weighted by atomic mass is 9.88. The second-order valence-electron chi connectivity index (χ2n) is 6.01. The van der Waals surface area contributed by atoms with E-state index in [0.717, 1.165) is 18.1 Å². The lowest BCUT2D eigenvalue weighted by Crippen LogP contribution is -2.54. The van der Waals surface area contributed by atoms with Crippen LogP contribution in [0.5, 0.6) is 0 Å². The predicted octanol–water partition coefficient (Wildman–Crippen LogP) is 2.78. The minimum Gasteiger partial charge on any atom is -0.310 e. The van der Waals surface area contributed by atoms with Crippen molar-refractivity contribution in [2.75, 3.05) is 6.54 Å². The molecule has 16 heavy (non-hydrogen) atoms. The highest BCUT2D eigenvalue weighted by atomic mass is 15.2. The number of nitrogens with zero attached hydrogens (tertiary/aromatic N) is 1. The molecule has 94 valence electrons. The van der Waals surface area contributed by atoms with E-state index in [1.807, 2.05) is 0 Å². The van der Waals surface area contributed by atoms with E-state index in [1.165, 1.54) is 45.1 Å². The van der Waals surface area contributed by atoms with Crippen LogP contribution in [0.3, 0.4) is 0 Å². The summed E-state index contributed by atoms with van der Waals surface area (Å²) in [5.41, 5.74) is 0. The molecule has 1 N–H and O–H groups in total. The predicted molar refractivity (Wildman–Crippen MR) is 69.7 cm³/mol. The van der Waals surface area contributed by atoms with Crippen molar-refractivity contribution < 1.29 is 0 Å². The summed E-state index contributed by atoms with van der Waals surface area (Å²) >= 11 is 0. The summed E-state index contributed by atoms with van der Waals surface area (Å²) in [5.74, 6) is 0. The largest absolute Gasteiger partial charge is 0.310 e. The molecule has 0 aromatic rings. The van der Waals surface area contributed by atoms with Gasteiger partial charge in [-0.05, 0) is 39.2 Å². The first-order chi connectivity index (χ1) is 7.68. The van der Waals surface area contributed by atoms with Gasteiger partial charge in [-0.15, -0.1) is 0 Å². The number of nitrogens with one attached hydrogen (secondary N) is 1. The average molecular weight is 224 g/mol. The molecular weight excluding hydrogens is 196 g/mol. The highest BCUT2D eigenvalue weighted by molar-refractivity contribution is 4.92. The third-order valence-electron chi connectivity index (χ3n) is 4.31. The maximum absolute atomic E-state index is 3.79. The van der Waals surface area contributed by atoms with Gasteiger partial charge in [0.15, 0.2) is 0 Å². The Kier molecular flexibility index (Phi) is 4.26. The quantitative estimate of drug-likeness (QED) is 0.793. The van der Waals surface area contributed by atoms with Crippen LogP contribution in [0.1, 0.15) is 59.3 Å². The molecule has 2 aliphatic rings. The summed E-state index contributed by atoms with van der Waals surface area (Å²) in [7, 11) is 0. The van der Waals surface area contributed by atoms with Crippen LogP contribution in [-0.2, 0) is 0 Å². The van der Waals surface area contributed by atoms with Crippen LogP contribution in [-0.4, -0.2) is 35.6 Å². The van der Waals surface area contributed by atoms with Crippen molar-refractivity contribution in [2.45, 2.75) is 83.5 Å². The Morgan fingerprint density at radius 3 is 2.44 bits per heavy atom. The number of hydrogen-bond acceptors (Lipinski definition) is 2. The zero-order valence-corrected chi connectivity index (χ0v) is 11.2. The molecule has 0 spiro atoms. The SMILES string of the molecule is CC(C)N[C@H]1CCCC[C@@H]1N1CCCC1C. The Bertz CT molecular complexity index is 215. The lowest BCUT2D eigenvalue weighted by Gasteiger charge is -2.41. The number of hydrogen-bond donors (Lipinski definition) is 1. The zero-order valence-electron chi connectivity index (χ0n) is 11.2. The third-order valence-corrected chi connectivity index (χ3v) is 4.31. The standard InChI is InChI=1S/C14H28N2/c1-11(2)15-13-8-4-5-9-14(13)16-10-6-7-12(16)3/h11-15H,4-10H2,1-3H3/t12?,13-,14-/m0/s1. The van der Waals surface area contributed by atoms with E-state index >= 15 is 0 Å². The first kappa shape index (κ1) is 12.4. The highest BCUT2D eigenvalue weighted by Crippen LogP contribution is 2.29. The van der Waals surface area contributed by atoms with Gasteiger partial charge < -0.3 is 5.32 Å². The smallest absolute Gasteiger partial charge is 0.0252 e. The van der Waals surface area contributed by atoms with E-state index in [4.69, 9.17) is 0 Å². The zero-order chi connectivity index (χ0) is 11.5. The van der Waals surface area contributed by atoms with Crippen LogP contribution in [0.25, 0.3) is 0 Å². The molecule has 2 nitrogen and oxygen atoms in total. The van der Waals surface area contributed by atoms with Crippen LogP contribution in [0.4, 0.5) is 0 Å². The van der Waals surface area contributed by atoms with Crippen molar-refractivity contribution in [3.8, 4) is 0 Å². The van der Waals surface area contributed by atoms with Crippen molar-refractivity contribution in [3.63, 3.8) is 0 Å². The fourth-order valence-electron chi connectivity index (χ4n) is 3.58. The van der Waals surface area contributed by atoms with E-state index in [0.29, 0.717) is 6.04 Å². The third kappa shape index (κ3) is 2.78. The normalized spacial score (nSPS) is 37.1. The summed E-state index contributed by atoms with van der Waals surface area (Å²) in [6.07, 6.45) is 8.46. The molecule has 3 atom stereocenters. The molecule has 1 aliphatic heterocycles. The van der Waals surface area contributed by atoms with Gasteiger partial charge in [0, 0.05) is 24.2 Å². The molecule has 1 heterocycles. The topological polar surface area (TPSA) is 15.3 Å². The first-order valence-electron chi connectivity index (χ1n) is 7.20. The van der Waals surface area contributed by atoms with E-state index < -0.39 is 0 Å². The molecule has 1 unspecified atom stereocenters. The minimum atomic E-state index is 0.628. The molecule has 1 saturated carbocycles. The van der Waals surface area contributed by atoms with Gasteiger partial charge in [-0.3, -0.25) is 4.90 Å². The molecule has 0 amide bonds. The Morgan fingerprint density at radius 1 is 1.06 bits per heavy atom. The van der Waals surface area contributed by atoms with Crippen molar-refractivity contribution in [1.82, 2.24) is 10.2 Å². The maximum atomic E-state index is 3.79. The van der Waals surface area contributed by atoms with Gasteiger partial charge in [-0.2, -0.15) is 0 Å². The van der Waals surface area contributed by atoms with Crippen LogP contribution < -0.4 is 5.32 Å². The van der Waals surface area contributed by atoms with Gasteiger partial charge in [0.1, 0.15) is 0 Å². The van der Waals surface area contributed by atoms with E-state index in [9.17, 15) is 0 Å². The Morgan fingerprint density at radius 2 is 1.81 bits per heavy atom. The summed E-state index contributed by atoms with van der Waals surface area (Å²) < 4.78 is 0. The molecule has 0 aromatic carbocycles. The Hall–Kier alpha value is -0.0800. The lowest BCUT2D eigenvalue weighted by molar-refractivity contribution is 0.112. The Balaban J connectivity index is 1.98. The van der Waals surface area contributed by atoms with Gasteiger partial charge in [-0.1, -0.05) is 26.7 Å². The summed E-state index contributed by atoms with van der Waals surface area (Å²) in [6.45, 7) is 8.30. The van der Waals surface area contributed by atoms with Gasteiger partial charge in [0.05, 0.1) is 0 Å². The molecule has 2 fully saturated rings. The second kappa shape index (κ2) is 5.50. The molecule has 0 radical (unpaired) electrons. The average Bonchev–Trinajstić information content (AvgIpc) is 2.64. The molecule has 0 bridgehead atoms. The molecule has 1 aliphatic carbocycles. The first-order valence-corrected chi connectivity index (χ1v) is 7.20.